The number of nitrogens with one attached hydrogen (secondary N) is 2. The molecule has 2 aliphatic rings. The molecular formula is C25H34N6O2. The van der Waals surface area contributed by atoms with E-state index in [2.05, 4.69) is 40.3 Å². The van der Waals surface area contributed by atoms with E-state index in [9.17, 15) is 4.79 Å². The lowest BCUT2D eigenvalue weighted by Crippen LogP contribution is -2.35. The van der Waals surface area contributed by atoms with Gasteiger partial charge in [-0.15, -0.1) is 0 Å². The Morgan fingerprint density at radius 2 is 2.06 bits per heavy atom. The van der Waals surface area contributed by atoms with Gasteiger partial charge in [-0.25, -0.2) is 4.68 Å². The summed E-state index contributed by atoms with van der Waals surface area (Å²) in [5, 5.41) is 11.5. The molecule has 33 heavy (non-hydrogen) atoms. The minimum Gasteiger partial charge on any atom is -0.474 e. The minimum atomic E-state index is -0.182. The van der Waals surface area contributed by atoms with Crippen molar-refractivity contribution < 1.29 is 9.53 Å². The monoisotopic (exact) mass is 450 g/mol. The zero-order chi connectivity index (χ0) is 23.7. The lowest BCUT2D eigenvalue weighted by Gasteiger charge is -2.29. The van der Waals surface area contributed by atoms with Gasteiger partial charge in [0.15, 0.2) is 5.65 Å². The molecule has 2 N–H and O–H groups in total. The highest BCUT2D eigenvalue weighted by molar-refractivity contribution is 6.05. The molecule has 176 valence electrons. The van der Waals surface area contributed by atoms with Gasteiger partial charge in [-0.3, -0.25) is 4.79 Å². The summed E-state index contributed by atoms with van der Waals surface area (Å²) in [7, 11) is 2.12. The van der Waals surface area contributed by atoms with Crippen LogP contribution in [0.25, 0.3) is 11.0 Å². The summed E-state index contributed by atoms with van der Waals surface area (Å²) in [5.74, 6) is 0.292. The Morgan fingerprint density at radius 1 is 1.33 bits per heavy atom. The number of carbonyl (C=O) groups is 1. The molecule has 0 aliphatic carbocycles. The summed E-state index contributed by atoms with van der Waals surface area (Å²) in [6.07, 6.45) is 5.75. The molecule has 0 unspecified atom stereocenters. The van der Waals surface area contributed by atoms with Crippen LogP contribution < -0.4 is 15.4 Å². The number of carbonyl (C=O) groups excluding carboxylic acids is 1. The van der Waals surface area contributed by atoms with E-state index < -0.39 is 0 Å². The smallest absolute Gasteiger partial charge is 0.252 e. The number of hydrogen-bond donors (Lipinski definition) is 2. The average molecular weight is 451 g/mol. The highest BCUT2D eigenvalue weighted by atomic mass is 16.5. The van der Waals surface area contributed by atoms with Gasteiger partial charge in [-0.05, 0) is 64.8 Å². The fourth-order valence-electron chi connectivity index (χ4n) is 4.40. The van der Waals surface area contributed by atoms with Gasteiger partial charge in [0.25, 0.3) is 5.91 Å². The first-order valence-corrected chi connectivity index (χ1v) is 11.6. The summed E-state index contributed by atoms with van der Waals surface area (Å²) in [5.41, 5.74) is 5.12. The van der Waals surface area contributed by atoms with Crippen molar-refractivity contribution in [3.05, 3.63) is 53.0 Å². The number of dihydropyridines is 1. The van der Waals surface area contributed by atoms with Crippen molar-refractivity contribution >= 4 is 16.9 Å². The second-order valence-corrected chi connectivity index (χ2v) is 9.32. The van der Waals surface area contributed by atoms with Gasteiger partial charge in [0, 0.05) is 43.1 Å². The number of piperidine rings is 1. The number of fused-ring (bicyclic) bond motifs is 1. The molecule has 4 heterocycles. The molecule has 8 heteroatoms. The number of ether oxygens (including phenoxy) is 1. The van der Waals surface area contributed by atoms with E-state index in [1.165, 1.54) is 0 Å². The zero-order valence-electron chi connectivity index (χ0n) is 20.2. The van der Waals surface area contributed by atoms with Crippen molar-refractivity contribution in [2.75, 3.05) is 26.7 Å². The molecule has 4 rings (SSSR count). The highest BCUT2D eigenvalue weighted by Crippen LogP contribution is 2.26. The summed E-state index contributed by atoms with van der Waals surface area (Å²) >= 11 is 0. The molecule has 0 radical (unpaired) electrons. The summed E-state index contributed by atoms with van der Waals surface area (Å²) < 4.78 is 8.08. The molecule has 1 saturated heterocycles. The molecule has 0 saturated carbocycles. The van der Waals surface area contributed by atoms with E-state index in [4.69, 9.17) is 9.72 Å². The van der Waals surface area contributed by atoms with E-state index in [0.717, 1.165) is 53.9 Å². The van der Waals surface area contributed by atoms with E-state index in [0.29, 0.717) is 23.6 Å². The number of aromatic nitrogens is 3. The molecule has 2 aromatic rings. The molecule has 1 fully saturated rings. The Balaban J connectivity index is 1.62. The molecule has 0 atom stereocenters. The van der Waals surface area contributed by atoms with Gasteiger partial charge in [0.1, 0.15) is 6.10 Å². The second-order valence-electron chi connectivity index (χ2n) is 9.32. The van der Waals surface area contributed by atoms with Gasteiger partial charge in [-0.1, -0.05) is 6.58 Å². The number of allylic oxidation sites excluding steroid dienone is 3. The van der Waals surface area contributed by atoms with Crippen LogP contribution in [-0.4, -0.2) is 58.4 Å². The van der Waals surface area contributed by atoms with Gasteiger partial charge >= 0.3 is 0 Å². The van der Waals surface area contributed by atoms with Crippen LogP contribution in [0.4, 0.5) is 0 Å². The largest absolute Gasteiger partial charge is 0.474 e. The lowest BCUT2D eigenvalue weighted by molar-refractivity contribution is 0.0954. The number of pyridine rings is 1. The molecule has 0 aromatic carbocycles. The number of rotatable bonds is 6. The average Bonchev–Trinajstić information content (AvgIpc) is 3.18. The Labute approximate surface area is 195 Å². The van der Waals surface area contributed by atoms with Gasteiger partial charge in [0.05, 0.1) is 17.1 Å². The van der Waals surface area contributed by atoms with Crippen LogP contribution in [0, 0.1) is 0 Å². The molecule has 0 bridgehead atoms. The zero-order valence-corrected chi connectivity index (χ0v) is 20.2. The highest BCUT2D eigenvalue weighted by Gasteiger charge is 2.23. The van der Waals surface area contributed by atoms with E-state index in [-0.39, 0.29) is 18.1 Å². The maximum absolute atomic E-state index is 13.3. The van der Waals surface area contributed by atoms with Crippen molar-refractivity contribution in [2.45, 2.75) is 52.7 Å². The number of likely N-dealkylation sites (tertiary alicyclic amines) is 1. The molecule has 8 nitrogen and oxygen atoms in total. The second kappa shape index (κ2) is 9.39. The van der Waals surface area contributed by atoms with Crippen LogP contribution in [0.15, 0.2) is 47.5 Å². The van der Waals surface area contributed by atoms with Crippen LogP contribution in [0.1, 0.15) is 56.9 Å². The molecular weight excluding hydrogens is 416 g/mol. The topological polar surface area (TPSA) is 84.3 Å². The number of amides is 1. The fraction of sp³-hybridized carbons (Fsp3) is 0.480. The van der Waals surface area contributed by atoms with Crippen molar-refractivity contribution in [1.29, 1.82) is 0 Å². The predicted octanol–water partition coefficient (Wildman–Crippen LogP) is 3.55. The molecule has 2 aromatic heterocycles. The minimum absolute atomic E-state index is 0.0944. The van der Waals surface area contributed by atoms with Crippen molar-refractivity contribution in [3.8, 4) is 5.88 Å². The summed E-state index contributed by atoms with van der Waals surface area (Å²) in [6.45, 7) is 14.6. The van der Waals surface area contributed by atoms with Crippen LogP contribution >= 0.6 is 0 Å². The van der Waals surface area contributed by atoms with Crippen molar-refractivity contribution in [3.63, 3.8) is 0 Å². The fourth-order valence-corrected chi connectivity index (χ4v) is 4.40. The third kappa shape index (κ3) is 4.95. The van der Waals surface area contributed by atoms with Crippen LogP contribution in [0.2, 0.25) is 0 Å². The number of nitrogens with zero attached hydrogens (tertiary/aromatic N) is 4. The molecule has 1 amide bonds. The van der Waals surface area contributed by atoms with Gasteiger partial charge in [-0.2, -0.15) is 10.1 Å². The third-order valence-electron chi connectivity index (χ3n) is 6.28. The van der Waals surface area contributed by atoms with E-state index in [1.54, 1.807) is 12.3 Å². The third-order valence-corrected chi connectivity index (χ3v) is 6.28. The Morgan fingerprint density at radius 3 is 2.73 bits per heavy atom. The summed E-state index contributed by atoms with van der Waals surface area (Å²) in [6, 6.07) is 1.87. The molecule has 0 spiro atoms. The predicted molar refractivity (Wildman–Crippen MR) is 130 cm³/mol. The van der Waals surface area contributed by atoms with E-state index >= 15 is 0 Å². The first-order chi connectivity index (χ1) is 15.7. The lowest BCUT2D eigenvalue weighted by atomic mass is 10.0. The quantitative estimate of drug-likeness (QED) is 0.700. The maximum Gasteiger partial charge on any atom is 0.252 e. The first kappa shape index (κ1) is 23.0. The summed E-state index contributed by atoms with van der Waals surface area (Å²) in [4.78, 5) is 20.4. The van der Waals surface area contributed by atoms with Crippen molar-refractivity contribution in [2.24, 2.45) is 0 Å². The Kier molecular flexibility index (Phi) is 6.56. The van der Waals surface area contributed by atoms with Crippen LogP contribution in [-0.2, 0) is 0 Å². The van der Waals surface area contributed by atoms with Crippen LogP contribution in [0.3, 0.4) is 0 Å². The standard InChI is InChI=1S/C25H34N6O2/c1-15(2)31-24-22(14-27-31)20(12-23(29-24)33-19-7-9-30(6)10-8-19)25(32)26-13-21-16(3)11-17(4)28-18(21)5/h11-12,14-15,19,28H,5,7-10,13H2,1-4,6H3,(H,26,32). The molecule has 2 aliphatic heterocycles. The number of hydrogen-bond acceptors (Lipinski definition) is 6. The normalized spacial score (nSPS) is 18.0. The van der Waals surface area contributed by atoms with Crippen LogP contribution in [0.5, 0.6) is 5.88 Å². The van der Waals surface area contributed by atoms with E-state index in [1.807, 2.05) is 32.4 Å². The maximum atomic E-state index is 13.3. The van der Waals surface area contributed by atoms with Gasteiger partial charge in [0.2, 0.25) is 5.88 Å². The van der Waals surface area contributed by atoms with Gasteiger partial charge < -0.3 is 20.3 Å². The SMILES string of the molecule is C=C1NC(C)=CC(C)=C1CNC(=O)c1cc(OC2CCN(C)CC2)nc2c1cnn2C(C)C. The Bertz CT molecular complexity index is 1140. The van der Waals surface area contributed by atoms with Crippen molar-refractivity contribution in [1.82, 2.24) is 30.3 Å². The first-order valence-electron chi connectivity index (χ1n) is 11.6. The Hall–Kier alpha value is -3.13.